The molecule has 0 radical (unpaired) electrons. The van der Waals surface area contributed by atoms with E-state index in [4.69, 9.17) is 5.26 Å². The summed E-state index contributed by atoms with van der Waals surface area (Å²) in [5, 5.41) is 8.41. The molecule has 82 valence electrons. The molecule has 15 heavy (non-hydrogen) atoms. The Morgan fingerprint density at radius 2 is 2.33 bits per heavy atom. The molecule has 0 bridgehead atoms. The summed E-state index contributed by atoms with van der Waals surface area (Å²) in [5.74, 6) is 0. The van der Waals surface area contributed by atoms with Crippen molar-refractivity contribution in [3.63, 3.8) is 0 Å². The highest BCUT2D eigenvalue weighted by atomic mass is 32.1. The van der Waals surface area contributed by atoms with Gasteiger partial charge in [0.2, 0.25) is 0 Å². The largest absolute Gasteiger partial charge is 0.301 e. The smallest absolute Gasteiger partial charge is 0.0798 e. The maximum absolute atomic E-state index is 8.41. The molecule has 1 aromatic rings. The van der Waals surface area contributed by atoms with E-state index in [1.165, 1.54) is 4.88 Å². The van der Waals surface area contributed by atoms with Crippen LogP contribution in [0.3, 0.4) is 0 Å². The lowest BCUT2D eigenvalue weighted by Gasteiger charge is -2.15. The fourth-order valence-electron chi connectivity index (χ4n) is 1.39. The van der Waals surface area contributed by atoms with Crippen LogP contribution in [-0.4, -0.2) is 23.5 Å². The van der Waals surface area contributed by atoms with Gasteiger partial charge in [-0.2, -0.15) is 5.26 Å². The van der Waals surface area contributed by atoms with Crippen LogP contribution in [0.25, 0.3) is 0 Å². The van der Waals surface area contributed by atoms with Gasteiger partial charge in [-0.25, -0.2) is 4.98 Å². The molecule has 1 aromatic heterocycles. The molecule has 0 atom stereocenters. The van der Waals surface area contributed by atoms with E-state index < -0.39 is 0 Å². The average molecular weight is 223 g/mol. The Balaban J connectivity index is 2.22. The van der Waals surface area contributed by atoms with Crippen molar-refractivity contribution in [2.75, 3.05) is 13.6 Å². The lowest BCUT2D eigenvalue weighted by Crippen LogP contribution is -2.18. The van der Waals surface area contributed by atoms with Gasteiger partial charge in [-0.1, -0.05) is 0 Å². The molecule has 0 saturated carbocycles. The number of unbranched alkanes of at least 4 members (excludes halogenated alkanes) is 2. The molecule has 0 aliphatic carbocycles. The van der Waals surface area contributed by atoms with Crippen molar-refractivity contribution >= 4 is 11.3 Å². The van der Waals surface area contributed by atoms with Crippen LogP contribution in [0.5, 0.6) is 0 Å². The highest BCUT2D eigenvalue weighted by Gasteiger charge is 2.04. The Bertz CT molecular complexity index is 327. The third kappa shape index (κ3) is 4.41. The first kappa shape index (κ1) is 12.2. The summed E-state index contributed by atoms with van der Waals surface area (Å²) in [6.45, 7) is 4.08. The summed E-state index contributed by atoms with van der Waals surface area (Å²) >= 11 is 1.72. The van der Waals surface area contributed by atoms with Crippen LogP contribution in [0, 0.1) is 18.3 Å². The first-order valence-electron chi connectivity index (χ1n) is 5.18. The van der Waals surface area contributed by atoms with Crippen LogP contribution in [0.1, 0.15) is 29.8 Å². The third-order valence-electron chi connectivity index (χ3n) is 2.34. The van der Waals surface area contributed by atoms with Crippen LogP contribution >= 0.6 is 11.3 Å². The highest BCUT2D eigenvalue weighted by Crippen LogP contribution is 2.14. The summed E-state index contributed by atoms with van der Waals surface area (Å²) in [6, 6.07) is 2.17. The summed E-state index contributed by atoms with van der Waals surface area (Å²) < 4.78 is 0. The molecule has 0 spiro atoms. The number of aromatic nitrogens is 1. The second kappa shape index (κ2) is 6.54. The molecule has 0 saturated heterocycles. The summed E-state index contributed by atoms with van der Waals surface area (Å²) in [4.78, 5) is 7.86. The van der Waals surface area contributed by atoms with Crippen LogP contribution in [0.15, 0.2) is 5.51 Å². The predicted molar refractivity (Wildman–Crippen MR) is 62.6 cm³/mol. The number of hydrogen-bond donors (Lipinski definition) is 0. The zero-order chi connectivity index (χ0) is 11.1. The molecule has 0 amide bonds. The molecule has 0 aromatic carbocycles. The normalized spacial score (nSPS) is 10.5. The van der Waals surface area contributed by atoms with Gasteiger partial charge in [0.25, 0.3) is 0 Å². The molecule has 0 aliphatic rings. The second-order valence-corrected chi connectivity index (χ2v) is 4.65. The van der Waals surface area contributed by atoms with E-state index in [0.717, 1.165) is 31.6 Å². The van der Waals surface area contributed by atoms with Gasteiger partial charge >= 0.3 is 0 Å². The lowest BCUT2D eigenvalue weighted by molar-refractivity contribution is 0.321. The SMILES string of the molecule is Cc1ncsc1CN(C)CCCCC#N. The molecule has 1 rings (SSSR count). The Hall–Kier alpha value is -0.920. The summed E-state index contributed by atoms with van der Waals surface area (Å²) in [5.41, 5.74) is 3.04. The van der Waals surface area contributed by atoms with Gasteiger partial charge in [-0.05, 0) is 33.4 Å². The van der Waals surface area contributed by atoms with Crippen molar-refractivity contribution in [1.82, 2.24) is 9.88 Å². The van der Waals surface area contributed by atoms with E-state index in [1.54, 1.807) is 11.3 Å². The molecule has 0 N–H and O–H groups in total. The van der Waals surface area contributed by atoms with E-state index in [2.05, 4.69) is 29.9 Å². The number of aryl methyl sites for hydroxylation is 1. The van der Waals surface area contributed by atoms with Gasteiger partial charge in [-0.3, -0.25) is 0 Å². The standard InChI is InChI=1S/C11H17N3S/c1-10-11(15-9-13-10)8-14(2)7-5-3-4-6-12/h9H,3-5,7-8H2,1-2H3. The number of nitriles is 1. The maximum atomic E-state index is 8.41. The van der Waals surface area contributed by atoms with E-state index in [9.17, 15) is 0 Å². The van der Waals surface area contributed by atoms with Crippen molar-refractivity contribution in [2.45, 2.75) is 32.7 Å². The minimum absolute atomic E-state index is 0.674. The zero-order valence-electron chi connectivity index (χ0n) is 9.36. The highest BCUT2D eigenvalue weighted by molar-refractivity contribution is 7.09. The Kier molecular flexibility index (Phi) is 5.30. The molecule has 4 heteroatoms. The molecule has 1 heterocycles. The van der Waals surface area contributed by atoms with Crippen LogP contribution in [0.2, 0.25) is 0 Å². The minimum Gasteiger partial charge on any atom is -0.301 e. The van der Waals surface area contributed by atoms with E-state index in [1.807, 2.05) is 5.51 Å². The van der Waals surface area contributed by atoms with Crippen LogP contribution in [-0.2, 0) is 6.54 Å². The van der Waals surface area contributed by atoms with E-state index >= 15 is 0 Å². The zero-order valence-corrected chi connectivity index (χ0v) is 10.2. The molecule has 3 nitrogen and oxygen atoms in total. The van der Waals surface area contributed by atoms with Crippen molar-refractivity contribution in [2.24, 2.45) is 0 Å². The van der Waals surface area contributed by atoms with Gasteiger partial charge in [-0.15, -0.1) is 11.3 Å². The third-order valence-corrected chi connectivity index (χ3v) is 3.26. The van der Waals surface area contributed by atoms with Crippen molar-refractivity contribution in [3.8, 4) is 6.07 Å². The Morgan fingerprint density at radius 1 is 1.53 bits per heavy atom. The maximum Gasteiger partial charge on any atom is 0.0798 e. The Morgan fingerprint density at radius 3 is 2.93 bits per heavy atom. The minimum atomic E-state index is 0.674. The number of nitrogens with zero attached hydrogens (tertiary/aromatic N) is 3. The van der Waals surface area contributed by atoms with Crippen molar-refractivity contribution in [3.05, 3.63) is 16.1 Å². The van der Waals surface area contributed by atoms with Gasteiger partial charge in [0.05, 0.1) is 17.3 Å². The quantitative estimate of drug-likeness (QED) is 0.696. The number of hydrogen-bond acceptors (Lipinski definition) is 4. The first-order valence-corrected chi connectivity index (χ1v) is 6.06. The van der Waals surface area contributed by atoms with E-state index in [-0.39, 0.29) is 0 Å². The van der Waals surface area contributed by atoms with Crippen molar-refractivity contribution < 1.29 is 0 Å². The van der Waals surface area contributed by atoms with Crippen molar-refractivity contribution in [1.29, 1.82) is 5.26 Å². The predicted octanol–water partition coefficient (Wildman–Crippen LogP) is 2.58. The van der Waals surface area contributed by atoms with Gasteiger partial charge in [0.15, 0.2) is 0 Å². The molecule has 0 unspecified atom stereocenters. The summed E-state index contributed by atoms with van der Waals surface area (Å²) in [7, 11) is 2.12. The van der Waals surface area contributed by atoms with Crippen LogP contribution in [0.4, 0.5) is 0 Å². The number of rotatable bonds is 6. The molecular weight excluding hydrogens is 206 g/mol. The second-order valence-electron chi connectivity index (χ2n) is 3.71. The fraction of sp³-hybridized carbons (Fsp3) is 0.636. The first-order chi connectivity index (χ1) is 7.24. The van der Waals surface area contributed by atoms with E-state index in [0.29, 0.717) is 6.42 Å². The molecule has 0 fully saturated rings. The van der Waals surface area contributed by atoms with Gasteiger partial charge < -0.3 is 4.90 Å². The van der Waals surface area contributed by atoms with Gasteiger partial charge in [0.1, 0.15) is 0 Å². The molecule has 0 aliphatic heterocycles. The number of thiazole rings is 1. The average Bonchev–Trinajstić information content (AvgIpc) is 2.59. The summed E-state index contributed by atoms with van der Waals surface area (Å²) in [6.07, 6.45) is 2.78. The van der Waals surface area contributed by atoms with Gasteiger partial charge in [0, 0.05) is 17.8 Å². The molecular formula is C11H17N3S. The lowest BCUT2D eigenvalue weighted by atomic mass is 10.2. The monoisotopic (exact) mass is 223 g/mol. The fourth-order valence-corrected chi connectivity index (χ4v) is 2.24. The van der Waals surface area contributed by atoms with Crippen LogP contribution < -0.4 is 0 Å². The topological polar surface area (TPSA) is 39.9 Å². The Labute approximate surface area is 95.4 Å².